The summed E-state index contributed by atoms with van der Waals surface area (Å²) in [5, 5.41) is 15.0. The molecule has 0 N–H and O–H groups in total. The second kappa shape index (κ2) is 9.46. The van der Waals surface area contributed by atoms with Crippen LogP contribution >= 0.6 is 11.3 Å². The Morgan fingerprint density at radius 2 is 1.84 bits per heavy atom. The lowest BCUT2D eigenvalue weighted by Crippen LogP contribution is -2.51. The average Bonchev–Trinajstić information content (AvgIpc) is 3.59. The summed E-state index contributed by atoms with van der Waals surface area (Å²) in [4.78, 5) is 6.50. The highest BCUT2D eigenvalue weighted by molar-refractivity contribution is 7.09. The number of methoxy groups -OCH3 is 1. The predicted molar refractivity (Wildman–Crippen MR) is 121 cm³/mol. The van der Waals surface area contributed by atoms with Crippen molar-refractivity contribution in [3.63, 3.8) is 0 Å². The van der Waals surface area contributed by atoms with Crippen LogP contribution in [0.5, 0.6) is 5.75 Å². The van der Waals surface area contributed by atoms with Crippen molar-refractivity contribution in [2.24, 2.45) is 0 Å². The highest BCUT2D eigenvalue weighted by Crippen LogP contribution is 2.31. The van der Waals surface area contributed by atoms with E-state index in [9.17, 15) is 0 Å². The Hall–Kier alpha value is -2.29. The van der Waals surface area contributed by atoms with Crippen molar-refractivity contribution >= 4 is 11.3 Å². The molecule has 2 fully saturated rings. The zero-order valence-electron chi connectivity index (χ0n) is 18.1. The number of aromatic nitrogens is 4. The number of benzene rings is 1. The molecule has 5 rings (SSSR count). The summed E-state index contributed by atoms with van der Waals surface area (Å²) in [6, 6.07) is 13.4. The summed E-state index contributed by atoms with van der Waals surface area (Å²) in [5.41, 5.74) is 1.21. The largest absolute Gasteiger partial charge is 0.497 e. The molecule has 164 valence electrons. The molecule has 1 saturated heterocycles. The molecule has 3 aromatic rings. The number of ether oxygens (including phenoxy) is 1. The minimum Gasteiger partial charge on any atom is -0.497 e. The Morgan fingerprint density at radius 1 is 1.06 bits per heavy atom. The Labute approximate surface area is 187 Å². The van der Waals surface area contributed by atoms with E-state index < -0.39 is 0 Å². The summed E-state index contributed by atoms with van der Waals surface area (Å²) in [5.74, 6) is 1.78. The van der Waals surface area contributed by atoms with Gasteiger partial charge in [-0.3, -0.25) is 9.80 Å². The Kier molecular flexibility index (Phi) is 6.29. The van der Waals surface area contributed by atoms with Gasteiger partial charge >= 0.3 is 0 Å². The van der Waals surface area contributed by atoms with E-state index in [4.69, 9.17) is 4.74 Å². The molecule has 0 spiro atoms. The predicted octanol–water partition coefficient (Wildman–Crippen LogP) is 3.44. The molecule has 0 bridgehead atoms. The number of tetrazole rings is 1. The molecule has 0 amide bonds. The highest BCUT2D eigenvalue weighted by atomic mass is 32.1. The highest BCUT2D eigenvalue weighted by Gasteiger charge is 2.33. The molecule has 1 atom stereocenters. The van der Waals surface area contributed by atoms with Crippen molar-refractivity contribution in [2.75, 3.05) is 33.3 Å². The second-order valence-corrected chi connectivity index (χ2v) is 9.49. The van der Waals surface area contributed by atoms with Crippen LogP contribution in [0.15, 0.2) is 41.8 Å². The van der Waals surface area contributed by atoms with E-state index in [0.717, 1.165) is 43.8 Å². The van der Waals surface area contributed by atoms with Crippen molar-refractivity contribution in [3.05, 3.63) is 58.0 Å². The first-order valence-corrected chi connectivity index (χ1v) is 12.1. The maximum atomic E-state index is 5.39. The molecular weight excluding hydrogens is 408 g/mol. The number of rotatable bonds is 7. The van der Waals surface area contributed by atoms with Gasteiger partial charge in [-0.2, -0.15) is 0 Å². The van der Waals surface area contributed by atoms with E-state index in [-0.39, 0.29) is 6.04 Å². The average molecular weight is 439 g/mol. The lowest BCUT2D eigenvalue weighted by Gasteiger charge is -2.41. The fraction of sp³-hybridized carbons (Fsp3) is 0.522. The van der Waals surface area contributed by atoms with E-state index in [0.29, 0.717) is 6.54 Å². The molecule has 1 aliphatic heterocycles. The fourth-order valence-corrected chi connectivity index (χ4v) is 5.70. The van der Waals surface area contributed by atoms with Crippen molar-refractivity contribution in [2.45, 2.75) is 44.3 Å². The Balaban J connectivity index is 1.41. The number of hydrogen-bond acceptors (Lipinski definition) is 7. The van der Waals surface area contributed by atoms with Gasteiger partial charge in [0.2, 0.25) is 0 Å². The zero-order valence-corrected chi connectivity index (χ0v) is 18.9. The van der Waals surface area contributed by atoms with Crippen LogP contribution in [0.1, 0.15) is 48.0 Å². The Bertz CT molecular complexity index is 943. The van der Waals surface area contributed by atoms with Crippen LogP contribution in [0.3, 0.4) is 0 Å². The maximum Gasteiger partial charge on any atom is 0.173 e. The van der Waals surface area contributed by atoms with Crippen LogP contribution in [-0.4, -0.2) is 69.3 Å². The van der Waals surface area contributed by atoms with E-state index in [2.05, 4.69) is 55.0 Å². The van der Waals surface area contributed by atoms with Gasteiger partial charge in [0, 0.05) is 37.1 Å². The van der Waals surface area contributed by atoms with Crippen molar-refractivity contribution in [3.8, 4) is 5.75 Å². The monoisotopic (exact) mass is 438 g/mol. The Morgan fingerprint density at radius 3 is 2.52 bits per heavy atom. The third kappa shape index (κ3) is 4.51. The van der Waals surface area contributed by atoms with E-state index in [1.165, 1.54) is 36.1 Å². The number of piperazine rings is 1. The molecule has 1 saturated carbocycles. The number of hydrogen-bond donors (Lipinski definition) is 0. The molecule has 1 aliphatic carbocycles. The first-order chi connectivity index (χ1) is 15.3. The summed E-state index contributed by atoms with van der Waals surface area (Å²) in [6.45, 7) is 4.99. The topological polar surface area (TPSA) is 59.3 Å². The van der Waals surface area contributed by atoms with Gasteiger partial charge in [-0.15, -0.1) is 16.4 Å². The minimum atomic E-state index is 0.0339. The van der Waals surface area contributed by atoms with Crippen LogP contribution in [0, 0.1) is 0 Å². The quantitative estimate of drug-likeness (QED) is 0.563. The second-order valence-electron chi connectivity index (χ2n) is 8.46. The van der Waals surface area contributed by atoms with E-state index in [1.807, 2.05) is 16.8 Å². The first-order valence-electron chi connectivity index (χ1n) is 11.2. The molecule has 2 aromatic heterocycles. The smallest absolute Gasteiger partial charge is 0.173 e. The normalized spacial score (nSPS) is 19.6. The van der Waals surface area contributed by atoms with E-state index >= 15 is 0 Å². The van der Waals surface area contributed by atoms with Gasteiger partial charge in [0.15, 0.2) is 5.82 Å². The fourth-order valence-electron chi connectivity index (χ4n) is 5.01. The van der Waals surface area contributed by atoms with Gasteiger partial charge in [0.05, 0.1) is 19.7 Å². The molecule has 3 heterocycles. The van der Waals surface area contributed by atoms with Gasteiger partial charge < -0.3 is 4.74 Å². The van der Waals surface area contributed by atoms with Gasteiger partial charge in [0.1, 0.15) is 5.75 Å². The summed E-state index contributed by atoms with van der Waals surface area (Å²) >= 11 is 1.74. The number of thiophene rings is 1. The third-order valence-electron chi connectivity index (χ3n) is 6.68. The first kappa shape index (κ1) is 20.6. The summed E-state index contributed by atoms with van der Waals surface area (Å²) < 4.78 is 7.35. The SMILES string of the molecule is COc1ccc([C@@H](c2nnnn2Cc2cccs2)N2CCN(C3CCCC3)CC2)cc1. The molecular formula is C23H30N6OS. The lowest BCUT2D eigenvalue weighted by atomic mass is 10.0. The molecule has 1 aromatic carbocycles. The van der Waals surface area contributed by atoms with Crippen LogP contribution < -0.4 is 4.74 Å². The summed E-state index contributed by atoms with van der Waals surface area (Å²) in [7, 11) is 1.70. The van der Waals surface area contributed by atoms with Crippen molar-refractivity contribution in [1.29, 1.82) is 0 Å². The van der Waals surface area contributed by atoms with Crippen LogP contribution in [0.4, 0.5) is 0 Å². The molecule has 8 heteroatoms. The molecule has 2 aliphatic rings. The maximum absolute atomic E-state index is 5.39. The van der Waals surface area contributed by atoms with Gasteiger partial charge in [-0.05, 0) is 52.4 Å². The third-order valence-corrected chi connectivity index (χ3v) is 7.54. The van der Waals surface area contributed by atoms with Crippen LogP contribution in [0.2, 0.25) is 0 Å². The van der Waals surface area contributed by atoms with Gasteiger partial charge in [0.25, 0.3) is 0 Å². The zero-order chi connectivity index (χ0) is 21.0. The van der Waals surface area contributed by atoms with Crippen molar-refractivity contribution in [1.82, 2.24) is 30.0 Å². The van der Waals surface area contributed by atoms with Gasteiger partial charge in [-0.25, -0.2) is 4.68 Å². The summed E-state index contributed by atoms with van der Waals surface area (Å²) in [6.07, 6.45) is 5.50. The van der Waals surface area contributed by atoms with Gasteiger partial charge in [-0.1, -0.05) is 31.0 Å². The van der Waals surface area contributed by atoms with Crippen LogP contribution in [0.25, 0.3) is 0 Å². The molecule has 0 radical (unpaired) electrons. The minimum absolute atomic E-state index is 0.0339. The number of nitrogens with zero attached hydrogens (tertiary/aromatic N) is 6. The molecule has 0 unspecified atom stereocenters. The van der Waals surface area contributed by atoms with Crippen molar-refractivity contribution < 1.29 is 4.74 Å². The molecule has 31 heavy (non-hydrogen) atoms. The van der Waals surface area contributed by atoms with Crippen LogP contribution in [-0.2, 0) is 6.54 Å². The lowest BCUT2D eigenvalue weighted by molar-refractivity contribution is 0.0771. The molecule has 7 nitrogen and oxygen atoms in total. The van der Waals surface area contributed by atoms with E-state index in [1.54, 1.807) is 18.4 Å². The standard InChI is InChI=1S/C23H30N6OS/c1-30-20-10-8-18(9-11-20)22(23-24-25-26-29(23)17-21-7-4-16-31-21)28-14-12-27(13-15-28)19-5-2-3-6-19/h4,7-11,16,19,22H,2-3,5-6,12-15,17H2,1H3/t22-/m0/s1.